The average molecular weight is 559 g/mol. The van der Waals surface area contributed by atoms with Crippen LogP contribution in [0.15, 0.2) is 47.7 Å². The second-order valence-corrected chi connectivity index (χ2v) is 7.72. The van der Waals surface area contributed by atoms with Crippen molar-refractivity contribution < 1.29 is 14.2 Å². The van der Waals surface area contributed by atoms with Gasteiger partial charge in [0, 0.05) is 51.4 Å². The molecule has 0 bridgehead atoms. The smallest absolute Gasteiger partial charge is 0.195 e. The second-order valence-electron chi connectivity index (χ2n) is 7.72. The fourth-order valence-electron chi connectivity index (χ4n) is 2.82. The van der Waals surface area contributed by atoms with Gasteiger partial charge in [0.15, 0.2) is 5.96 Å². The third-order valence-corrected chi connectivity index (χ3v) is 4.30. The molecule has 0 saturated carbocycles. The van der Waals surface area contributed by atoms with Gasteiger partial charge in [-0.3, -0.25) is 9.67 Å². The Hall–Kier alpha value is -1.85. The van der Waals surface area contributed by atoms with E-state index in [1.54, 1.807) is 13.3 Å². The van der Waals surface area contributed by atoms with E-state index in [0.717, 1.165) is 36.9 Å². The lowest BCUT2D eigenvalue weighted by Crippen LogP contribution is -2.33. The molecule has 32 heavy (non-hydrogen) atoms. The maximum absolute atomic E-state index is 5.72. The molecule has 1 unspecified atom stereocenters. The second kappa shape index (κ2) is 16.7. The fourth-order valence-corrected chi connectivity index (χ4v) is 2.82. The van der Waals surface area contributed by atoms with E-state index in [4.69, 9.17) is 19.2 Å². The zero-order valence-electron chi connectivity index (χ0n) is 19.6. The van der Waals surface area contributed by atoms with Crippen LogP contribution in [-0.4, -0.2) is 61.9 Å². The van der Waals surface area contributed by atoms with Crippen LogP contribution in [0.25, 0.3) is 0 Å². The van der Waals surface area contributed by atoms with Crippen LogP contribution >= 0.6 is 24.0 Å². The van der Waals surface area contributed by atoms with E-state index >= 15 is 0 Å². The number of nitrogens with zero attached hydrogens (tertiary/aromatic N) is 3. The van der Waals surface area contributed by atoms with Crippen molar-refractivity contribution in [1.82, 2.24) is 15.1 Å². The summed E-state index contributed by atoms with van der Waals surface area (Å²) in [5, 5.41) is 11.1. The number of aromatic nitrogens is 2. The third kappa shape index (κ3) is 12.3. The minimum atomic E-state index is 0. The van der Waals surface area contributed by atoms with E-state index in [1.165, 1.54) is 0 Å². The summed E-state index contributed by atoms with van der Waals surface area (Å²) in [4.78, 5) is 4.78. The number of rotatable bonds is 14. The van der Waals surface area contributed by atoms with Gasteiger partial charge in [0.25, 0.3) is 0 Å². The molecule has 0 aliphatic carbocycles. The van der Waals surface area contributed by atoms with E-state index in [1.807, 2.05) is 55.1 Å². The molecule has 180 valence electrons. The van der Waals surface area contributed by atoms with Crippen LogP contribution in [0.4, 0.5) is 5.69 Å². The minimum Gasteiger partial charge on any atom is -0.491 e. The molecule has 0 spiro atoms. The van der Waals surface area contributed by atoms with Gasteiger partial charge in [-0.25, -0.2) is 0 Å². The van der Waals surface area contributed by atoms with Crippen molar-refractivity contribution in [3.8, 4) is 5.75 Å². The van der Waals surface area contributed by atoms with Crippen LogP contribution in [0.1, 0.15) is 27.2 Å². The van der Waals surface area contributed by atoms with E-state index in [-0.39, 0.29) is 30.1 Å². The number of hydrogen-bond donors (Lipinski definition) is 2. The summed E-state index contributed by atoms with van der Waals surface area (Å²) in [5.41, 5.74) is 0.957. The summed E-state index contributed by atoms with van der Waals surface area (Å²) < 4.78 is 18.2. The number of guanidine groups is 1. The predicted octanol–water partition coefficient (Wildman–Crippen LogP) is 4.04. The zero-order valence-corrected chi connectivity index (χ0v) is 22.0. The lowest BCUT2D eigenvalue weighted by atomic mass is 10.2. The van der Waals surface area contributed by atoms with Gasteiger partial charge < -0.3 is 24.8 Å². The van der Waals surface area contributed by atoms with E-state index in [0.29, 0.717) is 32.3 Å². The molecule has 1 aromatic carbocycles. The van der Waals surface area contributed by atoms with Crippen LogP contribution in [0.5, 0.6) is 5.75 Å². The van der Waals surface area contributed by atoms with Crippen molar-refractivity contribution in [3.05, 3.63) is 42.7 Å². The van der Waals surface area contributed by atoms with Crippen molar-refractivity contribution >= 4 is 35.6 Å². The highest BCUT2D eigenvalue weighted by molar-refractivity contribution is 14.0. The van der Waals surface area contributed by atoms with Crippen LogP contribution in [0, 0.1) is 5.92 Å². The summed E-state index contributed by atoms with van der Waals surface area (Å²) in [6, 6.07) is 9.85. The summed E-state index contributed by atoms with van der Waals surface area (Å²) in [7, 11) is 1.67. The highest BCUT2D eigenvalue weighted by Crippen LogP contribution is 2.17. The molecule has 0 amide bonds. The molecule has 0 saturated heterocycles. The SMILES string of the molecule is COCCOCCCNC(=NCC(C)Cn1cccn1)Nc1ccc(OC(C)C)cc1.I. The molecule has 1 heterocycles. The number of halogens is 1. The zero-order chi connectivity index (χ0) is 22.3. The largest absolute Gasteiger partial charge is 0.491 e. The molecule has 1 atom stereocenters. The molecular weight excluding hydrogens is 521 g/mol. The Balaban J connectivity index is 0.00000512. The van der Waals surface area contributed by atoms with Gasteiger partial charge in [-0.05, 0) is 56.5 Å². The third-order valence-electron chi connectivity index (χ3n) is 4.30. The van der Waals surface area contributed by atoms with Gasteiger partial charge in [-0.2, -0.15) is 5.10 Å². The number of hydrogen-bond acceptors (Lipinski definition) is 5. The first kappa shape index (κ1) is 28.2. The van der Waals surface area contributed by atoms with E-state index in [9.17, 15) is 0 Å². The number of ether oxygens (including phenoxy) is 3. The summed E-state index contributed by atoms with van der Waals surface area (Å²) in [5.74, 6) is 1.97. The molecule has 1 aromatic heterocycles. The van der Waals surface area contributed by atoms with Crippen LogP contribution in [0.2, 0.25) is 0 Å². The molecular formula is C23H38IN5O3. The Labute approximate surface area is 209 Å². The van der Waals surface area contributed by atoms with Gasteiger partial charge in [-0.15, -0.1) is 24.0 Å². The van der Waals surface area contributed by atoms with Gasteiger partial charge >= 0.3 is 0 Å². The predicted molar refractivity (Wildman–Crippen MR) is 140 cm³/mol. The van der Waals surface area contributed by atoms with Gasteiger partial charge in [-0.1, -0.05) is 6.92 Å². The minimum absolute atomic E-state index is 0. The van der Waals surface area contributed by atoms with Gasteiger partial charge in [0.1, 0.15) is 5.75 Å². The molecule has 2 rings (SSSR count). The van der Waals surface area contributed by atoms with Crippen LogP contribution in [-0.2, 0) is 16.0 Å². The molecule has 2 N–H and O–H groups in total. The number of nitrogens with one attached hydrogen (secondary N) is 2. The number of anilines is 1. The maximum atomic E-state index is 5.72. The summed E-state index contributed by atoms with van der Waals surface area (Å²) in [6.45, 7) is 10.4. The molecule has 0 fully saturated rings. The molecule has 0 radical (unpaired) electrons. The Morgan fingerprint density at radius 2 is 1.91 bits per heavy atom. The highest BCUT2D eigenvalue weighted by Gasteiger charge is 2.06. The highest BCUT2D eigenvalue weighted by atomic mass is 127. The molecule has 9 heteroatoms. The Kier molecular flexibility index (Phi) is 14.7. The Bertz CT molecular complexity index is 739. The van der Waals surface area contributed by atoms with Crippen LogP contribution in [0.3, 0.4) is 0 Å². The van der Waals surface area contributed by atoms with Crippen LogP contribution < -0.4 is 15.4 Å². The summed E-state index contributed by atoms with van der Waals surface area (Å²) >= 11 is 0. The summed E-state index contributed by atoms with van der Waals surface area (Å²) in [6.07, 6.45) is 4.81. The molecule has 2 aromatic rings. The van der Waals surface area contributed by atoms with Crippen molar-refractivity contribution in [2.24, 2.45) is 10.9 Å². The molecule has 8 nitrogen and oxygen atoms in total. The normalized spacial score (nSPS) is 12.3. The first-order valence-electron chi connectivity index (χ1n) is 10.9. The van der Waals surface area contributed by atoms with Crippen molar-refractivity contribution in [2.45, 2.75) is 39.8 Å². The Morgan fingerprint density at radius 3 is 2.56 bits per heavy atom. The first-order chi connectivity index (χ1) is 15.1. The van der Waals surface area contributed by atoms with Crippen molar-refractivity contribution in [2.75, 3.05) is 45.3 Å². The van der Waals surface area contributed by atoms with Gasteiger partial charge in [0.2, 0.25) is 0 Å². The molecule has 0 aliphatic heterocycles. The average Bonchev–Trinajstić information content (AvgIpc) is 3.25. The van der Waals surface area contributed by atoms with E-state index < -0.39 is 0 Å². The Morgan fingerprint density at radius 1 is 1.12 bits per heavy atom. The lowest BCUT2D eigenvalue weighted by Gasteiger charge is -2.15. The molecule has 0 aliphatic rings. The van der Waals surface area contributed by atoms with Crippen molar-refractivity contribution in [3.63, 3.8) is 0 Å². The number of aliphatic imine (C=N–C) groups is 1. The number of benzene rings is 1. The first-order valence-corrected chi connectivity index (χ1v) is 10.9. The van der Waals surface area contributed by atoms with Gasteiger partial charge in [0.05, 0.1) is 19.3 Å². The quantitative estimate of drug-likeness (QED) is 0.158. The maximum Gasteiger partial charge on any atom is 0.195 e. The van der Waals surface area contributed by atoms with Crippen molar-refractivity contribution in [1.29, 1.82) is 0 Å². The number of methoxy groups -OCH3 is 1. The fraction of sp³-hybridized carbons (Fsp3) is 0.565. The van der Waals surface area contributed by atoms with E-state index in [2.05, 4.69) is 22.7 Å². The topological polar surface area (TPSA) is 81.9 Å². The monoisotopic (exact) mass is 559 g/mol. The lowest BCUT2D eigenvalue weighted by molar-refractivity contribution is 0.0699. The standard InChI is InChI=1S/C23H37N5O3.HI/c1-19(2)31-22-9-7-21(8-10-22)27-23(24-11-6-14-30-16-15-29-4)25-17-20(3)18-28-13-5-12-26-28;/h5,7-10,12-13,19-20H,6,11,14-18H2,1-4H3,(H2,24,25,27);1H.